The Balaban J connectivity index is 1.95. The highest BCUT2D eigenvalue weighted by molar-refractivity contribution is 6.31. The number of rotatable bonds is 3. The van der Waals surface area contributed by atoms with E-state index in [9.17, 15) is 4.79 Å². The lowest BCUT2D eigenvalue weighted by molar-refractivity contribution is -0.147. The molecule has 0 bridgehead atoms. The molecule has 0 atom stereocenters. The summed E-state index contributed by atoms with van der Waals surface area (Å²) in [7, 11) is 0. The molecule has 1 saturated heterocycles. The van der Waals surface area contributed by atoms with Crippen molar-refractivity contribution in [2.45, 2.75) is 6.54 Å². The molecule has 0 radical (unpaired) electrons. The molecule has 0 aliphatic carbocycles. The van der Waals surface area contributed by atoms with Crippen molar-refractivity contribution in [2.75, 3.05) is 13.1 Å². The fourth-order valence-electron chi connectivity index (χ4n) is 1.86. The van der Waals surface area contributed by atoms with Crippen molar-refractivity contribution in [1.82, 2.24) is 4.90 Å². The Labute approximate surface area is 104 Å². The third-order valence-corrected chi connectivity index (χ3v) is 3.18. The Morgan fingerprint density at radius 1 is 1.59 bits per heavy atom. The SMILES string of the molecule is N#Cc1ccc(CN2CC(C(=O)O)C2)cc1Cl. The number of likely N-dealkylation sites (tertiary alicyclic amines) is 1. The zero-order valence-electron chi connectivity index (χ0n) is 9.06. The van der Waals surface area contributed by atoms with E-state index in [1.807, 2.05) is 17.0 Å². The summed E-state index contributed by atoms with van der Waals surface area (Å²) in [5, 5.41) is 17.9. The second-order valence-corrected chi connectivity index (χ2v) is 4.56. The molecule has 4 nitrogen and oxygen atoms in total. The number of benzene rings is 1. The Morgan fingerprint density at radius 3 is 2.82 bits per heavy atom. The van der Waals surface area contributed by atoms with Crippen molar-refractivity contribution in [3.8, 4) is 6.07 Å². The maximum absolute atomic E-state index is 10.6. The maximum Gasteiger partial charge on any atom is 0.309 e. The lowest BCUT2D eigenvalue weighted by Crippen LogP contribution is -2.49. The molecule has 1 fully saturated rings. The van der Waals surface area contributed by atoms with Crippen LogP contribution >= 0.6 is 11.6 Å². The summed E-state index contributed by atoms with van der Waals surface area (Å²) in [6.45, 7) is 1.83. The first-order valence-electron chi connectivity index (χ1n) is 5.24. The molecule has 5 heteroatoms. The molecule has 1 heterocycles. The standard InChI is InChI=1S/C12H11ClN2O2/c13-11-3-8(1-2-9(11)4-14)5-15-6-10(7-15)12(16)17/h1-3,10H,5-7H2,(H,16,17). The van der Waals surface area contributed by atoms with Gasteiger partial charge in [-0.2, -0.15) is 5.26 Å². The molecule has 0 saturated carbocycles. The minimum absolute atomic E-state index is 0.246. The van der Waals surface area contributed by atoms with Gasteiger partial charge in [-0.05, 0) is 17.7 Å². The first-order chi connectivity index (χ1) is 8.10. The lowest BCUT2D eigenvalue weighted by atomic mass is 9.99. The second kappa shape index (κ2) is 4.74. The van der Waals surface area contributed by atoms with E-state index in [1.165, 1.54) is 0 Å². The smallest absolute Gasteiger partial charge is 0.309 e. The molecule has 1 aliphatic rings. The normalized spacial score (nSPS) is 16.2. The zero-order chi connectivity index (χ0) is 12.4. The molecular formula is C12H11ClN2O2. The third-order valence-electron chi connectivity index (χ3n) is 2.87. The van der Waals surface area contributed by atoms with Gasteiger partial charge >= 0.3 is 5.97 Å². The van der Waals surface area contributed by atoms with Crippen molar-refractivity contribution in [3.05, 3.63) is 34.3 Å². The summed E-state index contributed by atoms with van der Waals surface area (Å²) in [5.41, 5.74) is 1.46. The van der Waals surface area contributed by atoms with Crippen molar-refractivity contribution in [1.29, 1.82) is 5.26 Å². The summed E-state index contributed by atoms with van der Waals surface area (Å²) in [4.78, 5) is 12.7. The Hall–Kier alpha value is -1.57. The molecule has 1 N–H and O–H groups in total. The van der Waals surface area contributed by atoms with Gasteiger partial charge in [-0.3, -0.25) is 9.69 Å². The number of halogens is 1. The number of nitriles is 1. The molecule has 0 unspecified atom stereocenters. The van der Waals surface area contributed by atoms with E-state index in [2.05, 4.69) is 0 Å². The van der Waals surface area contributed by atoms with Gasteiger partial charge in [-0.1, -0.05) is 17.7 Å². The van der Waals surface area contributed by atoms with E-state index in [-0.39, 0.29) is 5.92 Å². The van der Waals surface area contributed by atoms with Crippen LogP contribution in [0.15, 0.2) is 18.2 Å². The molecular weight excluding hydrogens is 240 g/mol. The second-order valence-electron chi connectivity index (χ2n) is 4.16. The molecule has 0 aromatic heterocycles. The zero-order valence-corrected chi connectivity index (χ0v) is 9.81. The first-order valence-corrected chi connectivity index (χ1v) is 5.61. The van der Waals surface area contributed by atoms with Crippen LogP contribution < -0.4 is 0 Å². The van der Waals surface area contributed by atoms with Gasteiger partial charge in [-0.15, -0.1) is 0 Å². The highest BCUT2D eigenvalue weighted by Crippen LogP contribution is 2.22. The predicted octanol–water partition coefficient (Wildman–Crippen LogP) is 1.73. The largest absolute Gasteiger partial charge is 0.481 e. The predicted molar refractivity (Wildman–Crippen MR) is 62.6 cm³/mol. The van der Waals surface area contributed by atoms with Crippen LogP contribution in [0.3, 0.4) is 0 Å². The molecule has 2 rings (SSSR count). The summed E-state index contributed by atoms with van der Waals surface area (Å²) >= 11 is 5.92. The van der Waals surface area contributed by atoms with Crippen LogP contribution in [0.25, 0.3) is 0 Å². The van der Waals surface area contributed by atoms with E-state index in [4.69, 9.17) is 22.0 Å². The van der Waals surface area contributed by atoms with Gasteiger partial charge in [0.1, 0.15) is 6.07 Å². The van der Waals surface area contributed by atoms with Gasteiger partial charge in [0.15, 0.2) is 0 Å². The number of hydrogen-bond acceptors (Lipinski definition) is 3. The number of carboxylic acids is 1. The Kier molecular flexibility index (Phi) is 3.32. The van der Waals surface area contributed by atoms with Crippen molar-refractivity contribution in [2.24, 2.45) is 5.92 Å². The number of carbonyl (C=O) groups is 1. The van der Waals surface area contributed by atoms with Crippen molar-refractivity contribution >= 4 is 17.6 Å². The highest BCUT2D eigenvalue weighted by atomic mass is 35.5. The lowest BCUT2D eigenvalue weighted by Gasteiger charge is -2.36. The van der Waals surface area contributed by atoms with Gasteiger partial charge in [0.25, 0.3) is 0 Å². The van der Waals surface area contributed by atoms with E-state index >= 15 is 0 Å². The summed E-state index contributed by atoms with van der Waals surface area (Å²) in [6.07, 6.45) is 0. The average Bonchev–Trinajstić information content (AvgIpc) is 2.22. The monoisotopic (exact) mass is 250 g/mol. The van der Waals surface area contributed by atoms with Crippen LogP contribution in [0.5, 0.6) is 0 Å². The highest BCUT2D eigenvalue weighted by Gasteiger charge is 2.32. The average molecular weight is 251 g/mol. The maximum atomic E-state index is 10.6. The number of nitrogens with zero attached hydrogens (tertiary/aromatic N) is 2. The first kappa shape index (κ1) is 11.9. The van der Waals surface area contributed by atoms with Crippen LogP contribution in [0.1, 0.15) is 11.1 Å². The summed E-state index contributed by atoms with van der Waals surface area (Å²) in [6, 6.07) is 7.29. The molecule has 17 heavy (non-hydrogen) atoms. The summed E-state index contributed by atoms with van der Waals surface area (Å²) < 4.78 is 0. The number of carboxylic acid groups (broad SMARTS) is 1. The van der Waals surface area contributed by atoms with Crippen molar-refractivity contribution in [3.63, 3.8) is 0 Å². The van der Waals surface area contributed by atoms with E-state index in [0.29, 0.717) is 30.2 Å². The summed E-state index contributed by atoms with van der Waals surface area (Å²) in [5.74, 6) is -0.983. The third kappa shape index (κ3) is 2.57. The number of hydrogen-bond donors (Lipinski definition) is 1. The van der Waals surface area contributed by atoms with Gasteiger partial charge in [0.2, 0.25) is 0 Å². The fourth-order valence-corrected chi connectivity index (χ4v) is 2.11. The van der Waals surface area contributed by atoms with Gasteiger partial charge < -0.3 is 5.11 Å². The fraction of sp³-hybridized carbons (Fsp3) is 0.333. The molecule has 0 spiro atoms. The quantitative estimate of drug-likeness (QED) is 0.887. The number of aliphatic carboxylic acids is 1. The molecule has 1 aromatic carbocycles. The van der Waals surface area contributed by atoms with Crippen molar-refractivity contribution < 1.29 is 9.90 Å². The topological polar surface area (TPSA) is 64.3 Å². The van der Waals surface area contributed by atoms with Crippen LogP contribution in [-0.4, -0.2) is 29.1 Å². The van der Waals surface area contributed by atoms with Gasteiger partial charge in [-0.25, -0.2) is 0 Å². The molecule has 1 aromatic rings. The van der Waals surface area contributed by atoms with Crippen LogP contribution in [-0.2, 0) is 11.3 Å². The molecule has 1 aliphatic heterocycles. The molecule has 88 valence electrons. The van der Waals surface area contributed by atoms with E-state index < -0.39 is 5.97 Å². The molecule has 0 amide bonds. The Morgan fingerprint density at radius 2 is 2.29 bits per heavy atom. The van der Waals surface area contributed by atoms with Gasteiger partial charge in [0, 0.05) is 19.6 Å². The van der Waals surface area contributed by atoms with Crippen LogP contribution in [0.2, 0.25) is 5.02 Å². The Bertz CT molecular complexity index is 490. The van der Waals surface area contributed by atoms with E-state index in [1.54, 1.807) is 12.1 Å². The van der Waals surface area contributed by atoms with E-state index in [0.717, 1.165) is 5.56 Å². The van der Waals surface area contributed by atoms with Crippen LogP contribution in [0, 0.1) is 17.2 Å². The van der Waals surface area contributed by atoms with Gasteiger partial charge in [0.05, 0.1) is 16.5 Å². The van der Waals surface area contributed by atoms with Crippen LogP contribution in [0.4, 0.5) is 0 Å². The minimum Gasteiger partial charge on any atom is -0.481 e. The minimum atomic E-state index is -0.737.